The number of rotatable bonds is 6. The number of azide groups is 1. The van der Waals surface area contributed by atoms with Crippen molar-refractivity contribution in [2.45, 2.75) is 25.6 Å². The van der Waals surface area contributed by atoms with Crippen LogP contribution in [0, 0.1) is 0 Å². The lowest BCUT2D eigenvalue weighted by Crippen LogP contribution is -2.27. The van der Waals surface area contributed by atoms with Crippen molar-refractivity contribution in [3.8, 4) is 0 Å². The molecule has 102 valence electrons. The van der Waals surface area contributed by atoms with E-state index < -0.39 is 12.2 Å². The van der Waals surface area contributed by atoms with Crippen LogP contribution in [-0.4, -0.2) is 28.8 Å². The minimum absolute atomic E-state index is 0.198. The lowest BCUT2D eigenvalue weighted by atomic mass is 10.0. The summed E-state index contributed by atoms with van der Waals surface area (Å²) in [4.78, 5) is 13.4. The molecule has 1 aromatic carbocycles. The van der Waals surface area contributed by atoms with Crippen LogP contribution in [0.5, 0.6) is 0 Å². The van der Waals surface area contributed by atoms with Gasteiger partial charge in [-0.05, 0) is 17.5 Å². The number of carbonyl (C=O) groups is 1. The van der Waals surface area contributed by atoms with Crippen LogP contribution in [0.3, 0.4) is 0 Å². The summed E-state index contributed by atoms with van der Waals surface area (Å²) >= 11 is 0. The average molecular weight is 264 g/mol. The molecule has 7 heteroatoms. The van der Waals surface area contributed by atoms with Gasteiger partial charge in [-0.15, -0.1) is 0 Å². The fourth-order valence-corrected chi connectivity index (χ4v) is 1.64. The van der Waals surface area contributed by atoms with Gasteiger partial charge < -0.3 is 15.5 Å². The Morgan fingerprint density at radius 2 is 2.16 bits per heavy atom. The lowest BCUT2D eigenvalue weighted by Gasteiger charge is -2.19. The second kappa shape index (κ2) is 7.38. The highest BCUT2D eigenvalue weighted by atomic mass is 16.3. The molecule has 0 aliphatic heterocycles. The number of benzene rings is 1. The minimum Gasteiger partial charge on any atom is -0.390 e. The van der Waals surface area contributed by atoms with E-state index in [1.54, 1.807) is 24.3 Å². The number of aliphatic hydroxyl groups excluding tert-OH is 2. The zero-order valence-electron chi connectivity index (χ0n) is 10.5. The topological polar surface area (TPSA) is 118 Å². The SMILES string of the molecule is CC(=O)NCCC(O)C(O)c1ccccc1N=[N+]=[N-]. The monoisotopic (exact) mass is 264 g/mol. The van der Waals surface area contributed by atoms with Crippen LogP contribution in [0.2, 0.25) is 0 Å². The highest BCUT2D eigenvalue weighted by Gasteiger charge is 2.20. The quantitative estimate of drug-likeness (QED) is 0.411. The molecule has 0 aromatic heterocycles. The summed E-state index contributed by atoms with van der Waals surface area (Å²) in [6.45, 7) is 1.64. The molecule has 3 N–H and O–H groups in total. The molecule has 1 amide bonds. The number of amides is 1. The van der Waals surface area contributed by atoms with Crippen LogP contribution >= 0.6 is 0 Å². The van der Waals surface area contributed by atoms with Crippen LogP contribution in [0.4, 0.5) is 5.69 Å². The van der Waals surface area contributed by atoms with Crippen LogP contribution in [-0.2, 0) is 4.79 Å². The molecule has 2 unspecified atom stereocenters. The van der Waals surface area contributed by atoms with Gasteiger partial charge in [-0.2, -0.15) is 0 Å². The van der Waals surface area contributed by atoms with E-state index in [1.807, 2.05) is 0 Å². The third-order valence-electron chi connectivity index (χ3n) is 2.59. The summed E-state index contributed by atoms with van der Waals surface area (Å²) in [7, 11) is 0. The Morgan fingerprint density at radius 3 is 2.79 bits per heavy atom. The third-order valence-corrected chi connectivity index (χ3v) is 2.59. The minimum atomic E-state index is -1.17. The predicted octanol–water partition coefficient (Wildman–Crippen LogP) is 1.55. The van der Waals surface area contributed by atoms with Gasteiger partial charge in [0.05, 0.1) is 6.10 Å². The molecular weight excluding hydrogens is 248 g/mol. The molecule has 0 saturated carbocycles. The second-order valence-electron chi connectivity index (χ2n) is 4.03. The van der Waals surface area contributed by atoms with Crippen molar-refractivity contribution in [2.75, 3.05) is 6.54 Å². The standard InChI is InChI=1S/C12H16N4O3/c1-8(17)14-7-6-11(18)12(19)9-4-2-3-5-10(9)15-16-13/h2-5,11-12,18-19H,6-7H2,1H3,(H,14,17). The van der Waals surface area contributed by atoms with Gasteiger partial charge >= 0.3 is 0 Å². The molecule has 7 nitrogen and oxygen atoms in total. The molecule has 0 radical (unpaired) electrons. The largest absolute Gasteiger partial charge is 0.390 e. The van der Waals surface area contributed by atoms with E-state index in [1.165, 1.54) is 6.92 Å². The second-order valence-corrected chi connectivity index (χ2v) is 4.03. The van der Waals surface area contributed by atoms with Gasteiger partial charge in [0.2, 0.25) is 5.91 Å². The zero-order chi connectivity index (χ0) is 14.3. The summed E-state index contributed by atoms with van der Waals surface area (Å²) < 4.78 is 0. The summed E-state index contributed by atoms with van der Waals surface area (Å²) in [6, 6.07) is 6.48. The molecule has 0 saturated heterocycles. The Morgan fingerprint density at radius 1 is 1.47 bits per heavy atom. The van der Waals surface area contributed by atoms with Crippen molar-refractivity contribution < 1.29 is 15.0 Å². The molecule has 1 aromatic rings. The van der Waals surface area contributed by atoms with Crippen molar-refractivity contribution in [3.63, 3.8) is 0 Å². The van der Waals surface area contributed by atoms with Crippen LogP contribution in [0.1, 0.15) is 25.0 Å². The third kappa shape index (κ3) is 4.59. The number of carbonyl (C=O) groups excluding carboxylic acids is 1. The lowest BCUT2D eigenvalue weighted by molar-refractivity contribution is -0.119. The number of nitrogens with one attached hydrogen (secondary N) is 1. The van der Waals surface area contributed by atoms with Crippen molar-refractivity contribution >= 4 is 11.6 Å². The Balaban J connectivity index is 2.73. The molecule has 0 fully saturated rings. The molecule has 2 atom stereocenters. The van der Waals surface area contributed by atoms with Gasteiger partial charge in [0.1, 0.15) is 6.10 Å². The maximum absolute atomic E-state index is 10.7. The fraction of sp³-hybridized carbons (Fsp3) is 0.417. The van der Waals surface area contributed by atoms with Crippen LogP contribution in [0.25, 0.3) is 10.4 Å². The van der Waals surface area contributed by atoms with Crippen LogP contribution in [0.15, 0.2) is 29.4 Å². The summed E-state index contributed by atoms with van der Waals surface area (Å²) in [5.74, 6) is -0.198. The van der Waals surface area contributed by atoms with E-state index in [0.717, 1.165) is 0 Å². The highest BCUT2D eigenvalue weighted by Crippen LogP contribution is 2.28. The smallest absolute Gasteiger partial charge is 0.216 e. The van der Waals surface area contributed by atoms with Gasteiger partial charge in [-0.1, -0.05) is 29.4 Å². The molecule has 1 rings (SSSR count). The van der Waals surface area contributed by atoms with Crippen molar-refractivity contribution in [1.82, 2.24) is 5.32 Å². The van der Waals surface area contributed by atoms with E-state index in [4.69, 9.17) is 5.53 Å². The fourth-order valence-electron chi connectivity index (χ4n) is 1.64. The first kappa shape index (κ1) is 15.0. The van der Waals surface area contributed by atoms with E-state index in [9.17, 15) is 15.0 Å². The van der Waals surface area contributed by atoms with Gasteiger partial charge in [-0.3, -0.25) is 4.79 Å². The molecule has 0 bridgehead atoms. The predicted molar refractivity (Wildman–Crippen MR) is 69.5 cm³/mol. The highest BCUT2D eigenvalue weighted by molar-refractivity contribution is 5.72. The average Bonchev–Trinajstić information content (AvgIpc) is 2.38. The number of hydrogen-bond donors (Lipinski definition) is 3. The first-order valence-electron chi connectivity index (χ1n) is 5.81. The zero-order valence-corrected chi connectivity index (χ0v) is 10.5. The van der Waals surface area contributed by atoms with E-state index >= 15 is 0 Å². The summed E-state index contributed by atoms with van der Waals surface area (Å²) in [5, 5.41) is 25.8. The molecule has 0 aliphatic rings. The van der Waals surface area contributed by atoms with E-state index in [0.29, 0.717) is 5.56 Å². The number of hydrogen-bond acceptors (Lipinski definition) is 4. The van der Waals surface area contributed by atoms with Crippen molar-refractivity contribution in [1.29, 1.82) is 0 Å². The summed E-state index contributed by atoms with van der Waals surface area (Å²) in [6.07, 6.45) is -2.02. The summed E-state index contributed by atoms with van der Waals surface area (Å²) in [5.41, 5.74) is 9.06. The maximum Gasteiger partial charge on any atom is 0.216 e. The van der Waals surface area contributed by atoms with Crippen molar-refractivity contribution in [2.24, 2.45) is 5.11 Å². The molecule has 19 heavy (non-hydrogen) atoms. The van der Waals surface area contributed by atoms with Gasteiger partial charge in [-0.25, -0.2) is 0 Å². The van der Waals surface area contributed by atoms with Gasteiger partial charge in [0.25, 0.3) is 0 Å². The molecule has 0 spiro atoms. The Bertz CT molecular complexity index is 486. The number of nitrogens with zero attached hydrogens (tertiary/aromatic N) is 3. The normalized spacial score (nSPS) is 13.2. The molecule has 0 aliphatic carbocycles. The maximum atomic E-state index is 10.7. The Labute approximate surface area is 110 Å². The Hall–Kier alpha value is -2.08. The van der Waals surface area contributed by atoms with Crippen LogP contribution < -0.4 is 5.32 Å². The molecular formula is C12H16N4O3. The Kier molecular flexibility index (Phi) is 5.81. The molecule has 0 heterocycles. The van der Waals surface area contributed by atoms with E-state index in [2.05, 4.69) is 15.3 Å². The van der Waals surface area contributed by atoms with Gasteiger partial charge in [0.15, 0.2) is 0 Å². The van der Waals surface area contributed by atoms with E-state index in [-0.39, 0.29) is 24.6 Å². The first-order chi connectivity index (χ1) is 9.06. The first-order valence-corrected chi connectivity index (χ1v) is 5.81. The van der Waals surface area contributed by atoms with Crippen molar-refractivity contribution in [3.05, 3.63) is 40.3 Å². The van der Waals surface area contributed by atoms with Gasteiger partial charge in [0, 0.05) is 24.1 Å². The number of aliphatic hydroxyl groups is 2.